The lowest BCUT2D eigenvalue weighted by molar-refractivity contribution is -0.143. The molecular formula is C20H14F6N2O3. The van der Waals surface area contributed by atoms with Crippen LogP contribution in [-0.2, 0) is 9.59 Å². The molecule has 0 N–H and O–H groups in total. The zero-order chi connectivity index (χ0) is 22.9. The van der Waals surface area contributed by atoms with Crippen molar-refractivity contribution in [3.8, 4) is 0 Å². The van der Waals surface area contributed by atoms with E-state index in [-0.39, 0.29) is 9.80 Å². The van der Waals surface area contributed by atoms with E-state index in [1.54, 1.807) is 0 Å². The standard InChI is InChI=1S/C20H14F6N2O3/c21-12-5-1-3-10(18(12)25)14(23)8-27-16(29)7-17(30)28(20(27)31)9-15(24)11-4-2-6-13(22)19(11)26/h1-6,14-15H,7-9H2/t14-,15+. The Morgan fingerprint density at radius 1 is 0.710 bits per heavy atom. The van der Waals surface area contributed by atoms with Crippen LogP contribution in [0.1, 0.15) is 29.9 Å². The molecule has 1 heterocycles. The van der Waals surface area contributed by atoms with Gasteiger partial charge in [0, 0.05) is 11.1 Å². The number of hydrogen-bond donors (Lipinski definition) is 0. The summed E-state index contributed by atoms with van der Waals surface area (Å²) in [5, 5.41) is 0. The summed E-state index contributed by atoms with van der Waals surface area (Å²) >= 11 is 0. The SMILES string of the molecule is O=C1CC(=O)N(C[C@H](F)c2cccc(F)c2F)C(=O)N1C[C@@H](F)c1cccc(F)c1F. The van der Waals surface area contributed by atoms with Gasteiger partial charge in [-0.25, -0.2) is 31.1 Å². The van der Waals surface area contributed by atoms with Crippen molar-refractivity contribution < 1.29 is 40.7 Å². The van der Waals surface area contributed by atoms with Gasteiger partial charge in [0.1, 0.15) is 18.8 Å². The van der Waals surface area contributed by atoms with E-state index in [0.29, 0.717) is 0 Å². The maximum Gasteiger partial charge on any atom is 0.333 e. The van der Waals surface area contributed by atoms with Gasteiger partial charge in [-0.2, -0.15) is 0 Å². The van der Waals surface area contributed by atoms with Crippen LogP contribution in [0, 0.1) is 23.3 Å². The number of benzene rings is 2. The van der Waals surface area contributed by atoms with Crippen molar-refractivity contribution in [1.29, 1.82) is 0 Å². The summed E-state index contributed by atoms with van der Waals surface area (Å²) in [6.45, 7) is -2.12. The molecule has 0 spiro atoms. The summed E-state index contributed by atoms with van der Waals surface area (Å²) < 4.78 is 83.3. The summed E-state index contributed by atoms with van der Waals surface area (Å²) in [5.41, 5.74) is -1.51. The molecule has 5 nitrogen and oxygen atoms in total. The first-order valence-electron chi connectivity index (χ1n) is 8.92. The van der Waals surface area contributed by atoms with Crippen molar-refractivity contribution in [2.75, 3.05) is 13.1 Å². The molecule has 4 amide bonds. The van der Waals surface area contributed by atoms with Crippen molar-refractivity contribution >= 4 is 17.8 Å². The molecule has 0 radical (unpaired) electrons. The number of imide groups is 2. The number of carbonyl (C=O) groups is 3. The van der Waals surface area contributed by atoms with E-state index in [1.165, 1.54) is 0 Å². The molecule has 0 saturated carbocycles. The minimum absolute atomic E-state index is 0.255. The molecule has 0 bridgehead atoms. The summed E-state index contributed by atoms with van der Waals surface area (Å²) in [7, 11) is 0. The van der Waals surface area contributed by atoms with Gasteiger partial charge in [-0.3, -0.25) is 19.4 Å². The van der Waals surface area contributed by atoms with Gasteiger partial charge in [-0.1, -0.05) is 24.3 Å². The molecular weight excluding hydrogens is 430 g/mol. The average molecular weight is 444 g/mol. The van der Waals surface area contributed by atoms with Crippen LogP contribution in [0.4, 0.5) is 31.1 Å². The molecule has 0 aromatic heterocycles. The Morgan fingerprint density at radius 2 is 1.10 bits per heavy atom. The minimum Gasteiger partial charge on any atom is -0.274 e. The van der Waals surface area contributed by atoms with E-state index in [1.807, 2.05) is 0 Å². The maximum absolute atomic E-state index is 14.5. The van der Waals surface area contributed by atoms with E-state index >= 15 is 0 Å². The third-order valence-corrected chi connectivity index (χ3v) is 4.69. The smallest absolute Gasteiger partial charge is 0.274 e. The number of alkyl halides is 2. The number of halogens is 6. The summed E-state index contributed by atoms with van der Waals surface area (Å²) in [6, 6.07) is 3.95. The lowest BCUT2D eigenvalue weighted by atomic mass is 10.1. The van der Waals surface area contributed by atoms with Crippen LogP contribution in [0.5, 0.6) is 0 Å². The fourth-order valence-electron chi connectivity index (χ4n) is 3.08. The van der Waals surface area contributed by atoms with Gasteiger partial charge in [0.15, 0.2) is 23.3 Å². The maximum atomic E-state index is 14.5. The molecule has 1 fully saturated rings. The first-order chi connectivity index (χ1) is 14.6. The molecule has 1 saturated heterocycles. The Kier molecular flexibility index (Phi) is 6.32. The predicted octanol–water partition coefficient (Wildman–Crippen LogP) is 4.15. The van der Waals surface area contributed by atoms with E-state index in [2.05, 4.69) is 0 Å². The third-order valence-electron chi connectivity index (χ3n) is 4.69. The summed E-state index contributed by atoms with van der Waals surface area (Å²) in [4.78, 5) is 37.1. The Bertz CT molecular complexity index is 968. The largest absolute Gasteiger partial charge is 0.333 e. The summed E-state index contributed by atoms with van der Waals surface area (Å²) in [6.07, 6.45) is -5.59. The fraction of sp³-hybridized carbons (Fsp3) is 0.250. The normalized spacial score (nSPS) is 16.6. The molecule has 2 aromatic carbocycles. The van der Waals surface area contributed by atoms with Crippen molar-refractivity contribution in [2.24, 2.45) is 0 Å². The molecule has 2 aromatic rings. The molecule has 31 heavy (non-hydrogen) atoms. The number of hydrogen-bond acceptors (Lipinski definition) is 3. The average Bonchev–Trinajstić information content (AvgIpc) is 2.72. The van der Waals surface area contributed by atoms with Gasteiger partial charge in [-0.05, 0) is 12.1 Å². The number of rotatable bonds is 6. The highest BCUT2D eigenvalue weighted by Gasteiger charge is 2.41. The second kappa shape index (κ2) is 8.78. The van der Waals surface area contributed by atoms with Crippen LogP contribution >= 0.6 is 0 Å². The van der Waals surface area contributed by atoms with Gasteiger partial charge in [0.2, 0.25) is 11.8 Å². The van der Waals surface area contributed by atoms with Crippen LogP contribution in [-0.4, -0.2) is 40.7 Å². The van der Waals surface area contributed by atoms with Gasteiger partial charge in [0.05, 0.1) is 13.1 Å². The molecule has 3 rings (SSSR count). The number of amides is 4. The van der Waals surface area contributed by atoms with Gasteiger partial charge < -0.3 is 0 Å². The van der Waals surface area contributed by atoms with Crippen molar-refractivity contribution in [3.63, 3.8) is 0 Å². The van der Waals surface area contributed by atoms with Gasteiger partial charge in [0.25, 0.3) is 0 Å². The molecule has 11 heteroatoms. The highest BCUT2D eigenvalue weighted by molar-refractivity contribution is 6.14. The quantitative estimate of drug-likeness (QED) is 0.497. The number of barbiturate groups is 1. The fourth-order valence-corrected chi connectivity index (χ4v) is 3.08. The Morgan fingerprint density at radius 3 is 1.48 bits per heavy atom. The molecule has 1 aliphatic rings. The van der Waals surface area contributed by atoms with E-state index in [9.17, 15) is 40.7 Å². The van der Waals surface area contributed by atoms with Crippen LogP contribution in [0.15, 0.2) is 36.4 Å². The zero-order valence-corrected chi connectivity index (χ0v) is 15.6. The number of carbonyl (C=O) groups excluding carboxylic acids is 3. The predicted molar refractivity (Wildman–Crippen MR) is 93.9 cm³/mol. The summed E-state index contributed by atoms with van der Waals surface area (Å²) in [5.74, 6) is -7.96. The molecule has 164 valence electrons. The zero-order valence-electron chi connectivity index (χ0n) is 15.6. The van der Waals surface area contributed by atoms with Gasteiger partial charge in [-0.15, -0.1) is 0 Å². The number of urea groups is 1. The molecule has 2 atom stereocenters. The second-order valence-electron chi connectivity index (χ2n) is 6.69. The third kappa shape index (κ3) is 4.39. The first-order valence-corrected chi connectivity index (χ1v) is 8.92. The lowest BCUT2D eigenvalue weighted by Gasteiger charge is -2.34. The molecule has 1 aliphatic heterocycles. The highest BCUT2D eigenvalue weighted by Crippen LogP contribution is 2.28. The lowest BCUT2D eigenvalue weighted by Crippen LogP contribution is -2.56. The minimum atomic E-state index is -2.33. The number of nitrogens with zero attached hydrogens (tertiary/aromatic N) is 2. The van der Waals surface area contributed by atoms with Crippen molar-refractivity contribution in [1.82, 2.24) is 9.80 Å². The van der Waals surface area contributed by atoms with Crippen LogP contribution in [0.2, 0.25) is 0 Å². The van der Waals surface area contributed by atoms with Crippen LogP contribution in [0.25, 0.3) is 0 Å². The Balaban J connectivity index is 1.80. The van der Waals surface area contributed by atoms with E-state index < -0.39 is 84.1 Å². The first kappa shape index (κ1) is 22.3. The van der Waals surface area contributed by atoms with Crippen LogP contribution < -0.4 is 0 Å². The molecule has 0 unspecified atom stereocenters. The Labute approximate surface area is 171 Å². The Hall–Kier alpha value is -3.37. The van der Waals surface area contributed by atoms with E-state index in [0.717, 1.165) is 36.4 Å². The second-order valence-corrected chi connectivity index (χ2v) is 6.69. The van der Waals surface area contributed by atoms with E-state index in [4.69, 9.17) is 0 Å². The monoisotopic (exact) mass is 444 g/mol. The van der Waals surface area contributed by atoms with Gasteiger partial charge >= 0.3 is 6.03 Å². The van der Waals surface area contributed by atoms with Crippen LogP contribution in [0.3, 0.4) is 0 Å². The highest BCUT2D eigenvalue weighted by atomic mass is 19.2. The molecule has 0 aliphatic carbocycles. The topological polar surface area (TPSA) is 57.7 Å². The van der Waals surface area contributed by atoms with Crippen molar-refractivity contribution in [3.05, 3.63) is 70.8 Å². The van der Waals surface area contributed by atoms with Crippen molar-refractivity contribution in [2.45, 2.75) is 18.8 Å².